The van der Waals surface area contributed by atoms with Crippen molar-refractivity contribution in [3.05, 3.63) is 24.3 Å². The van der Waals surface area contributed by atoms with Gasteiger partial charge in [-0.3, -0.25) is 0 Å². The summed E-state index contributed by atoms with van der Waals surface area (Å²) in [5.41, 5.74) is 0.906. The predicted octanol–water partition coefficient (Wildman–Crippen LogP) is -7.13. The Hall–Kier alpha value is 1.09. The molecule has 0 bridgehead atoms. The minimum atomic E-state index is -1.94. The van der Waals surface area contributed by atoms with Gasteiger partial charge >= 0.3 is 59.1 Å². The molecule has 0 spiro atoms. The summed E-state index contributed by atoms with van der Waals surface area (Å²) in [7, 11) is -1.94. The van der Waals surface area contributed by atoms with E-state index in [2.05, 4.69) is 5.32 Å². The van der Waals surface area contributed by atoms with Crippen LogP contribution in [-0.2, 0) is 0 Å². The molecule has 68 valence electrons. The van der Waals surface area contributed by atoms with Crippen molar-refractivity contribution in [1.82, 2.24) is 0 Å². The summed E-state index contributed by atoms with van der Waals surface area (Å²) in [6.45, 7) is 1.73. The van der Waals surface area contributed by atoms with Crippen molar-refractivity contribution in [1.29, 1.82) is 0 Å². The summed E-state index contributed by atoms with van der Waals surface area (Å²) >= 11 is 4.82. The number of thiocarbonyl (C=S) groups is 1. The summed E-state index contributed by atoms with van der Waals surface area (Å²) < 4.78 is 0. The summed E-state index contributed by atoms with van der Waals surface area (Å²) in [5.74, 6) is 0. The molecule has 1 N–H and O–H groups in total. The molecule has 0 aromatic heterocycles. The third-order valence-electron chi connectivity index (χ3n) is 1.48. The average Bonchev–Trinajstić information content (AvgIpc) is 2.03. The van der Waals surface area contributed by atoms with Gasteiger partial charge in [-0.1, -0.05) is 31.5 Å². The molecule has 0 saturated heterocycles. The van der Waals surface area contributed by atoms with Crippen molar-refractivity contribution in [2.45, 2.75) is 6.92 Å². The summed E-state index contributed by atoms with van der Waals surface area (Å²) in [6, 6.07) is 6.43. The maximum Gasteiger partial charge on any atom is 1.00 e. The van der Waals surface area contributed by atoms with Crippen LogP contribution in [0.1, 0.15) is 6.92 Å². The Balaban J connectivity index is 0. The summed E-state index contributed by atoms with van der Waals surface area (Å²) in [6.07, 6.45) is 0. The Morgan fingerprint density at radius 1 is 1.33 bits per heavy atom. The van der Waals surface area contributed by atoms with Gasteiger partial charge in [-0.25, -0.2) is 0 Å². The van der Waals surface area contributed by atoms with E-state index in [4.69, 9.17) is 12.2 Å². The Kier molecular flexibility index (Phi) is 11.3. The molecule has 0 aliphatic carbocycles. The van der Waals surface area contributed by atoms with Gasteiger partial charge in [-0.2, -0.15) is 0 Å². The maximum absolute atomic E-state index is 10.6. The number of nitrogens with one attached hydrogen (secondary N) is 1. The van der Waals surface area contributed by atoms with Gasteiger partial charge in [0.25, 0.3) is 0 Å². The average molecular weight is 239 g/mol. The zero-order valence-corrected chi connectivity index (χ0v) is 13.9. The molecule has 0 atom stereocenters. The number of hydrogen-bond acceptors (Lipinski definition) is 3. The fourth-order valence-corrected chi connectivity index (χ4v) is 1.08. The second-order valence-corrected chi connectivity index (χ2v) is 3.25. The number of hydrogen-bond donors (Lipinski definition) is 1. The van der Waals surface area contributed by atoms with Crippen molar-refractivity contribution in [2.24, 2.45) is 0 Å². The molecule has 0 heterocycles. The minimum Gasteiger partial charge on any atom is -0.889 e. The monoisotopic (exact) mass is 239 g/mol. The van der Waals surface area contributed by atoms with Gasteiger partial charge in [0.05, 0.1) is 4.99 Å². The topological polar surface area (TPSA) is 58.1 Å². The van der Waals surface area contributed by atoms with Gasteiger partial charge in [0, 0.05) is 5.69 Å². The second-order valence-electron chi connectivity index (χ2n) is 2.64. The summed E-state index contributed by atoms with van der Waals surface area (Å²) in [5, 5.41) is 24.0. The smallest absolute Gasteiger partial charge is 0.889 e. The third-order valence-corrected chi connectivity index (χ3v) is 1.58. The zero-order chi connectivity index (χ0) is 9.84. The minimum absolute atomic E-state index is 0. The van der Waals surface area contributed by atoms with Crippen molar-refractivity contribution in [2.75, 3.05) is 5.32 Å². The van der Waals surface area contributed by atoms with Crippen molar-refractivity contribution < 1.29 is 69.2 Å². The Labute approximate surface area is 139 Å². The van der Waals surface area contributed by atoms with Crippen LogP contribution in [0.2, 0.25) is 0 Å². The van der Waals surface area contributed by atoms with E-state index in [1.165, 1.54) is 12.1 Å². The first-order chi connectivity index (χ1) is 6.09. The molecule has 7 heteroatoms. The Bertz CT molecular complexity index is 325. The third kappa shape index (κ3) is 7.10. The normalized spacial score (nSPS) is 8.20. The van der Waals surface area contributed by atoms with E-state index >= 15 is 0 Å². The zero-order valence-electron chi connectivity index (χ0n) is 9.11. The maximum atomic E-state index is 10.6. The molecule has 3 nitrogen and oxygen atoms in total. The molecule has 0 aliphatic rings. The van der Waals surface area contributed by atoms with Gasteiger partial charge in [-0.15, -0.1) is 5.46 Å². The van der Waals surface area contributed by atoms with Crippen LogP contribution in [0.5, 0.6) is 0 Å². The largest absolute Gasteiger partial charge is 1.00 e. The molecule has 1 aromatic rings. The van der Waals surface area contributed by atoms with E-state index in [0.29, 0.717) is 10.7 Å². The molecule has 0 amide bonds. The van der Waals surface area contributed by atoms with Crippen LogP contribution in [0.4, 0.5) is 5.69 Å². The van der Waals surface area contributed by atoms with Crippen molar-refractivity contribution in [3.63, 3.8) is 0 Å². The second kappa shape index (κ2) is 9.16. The van der Waals surface area contributed by atoms with Crippen molar-refractivity contribution >= 4 is 35.5 Å². The van der Waals surface area contributed by atoms with Crippen LogP contribution < -0.4 is 79.9 Å². The molecule has 15 heavy (non-hydrogen) atoms. The standard InChI is InChI=1S/C8H8BNO2S.2Na/c1-6(13)10-8-4-2-3-7(5-8)9(11)12;;/h2-5H,1H3,(H,10,13);;/q-2;2*+1. The van der Waals surface area contributed by atoms with Crippen LogP contribution >= 0.6 is 12.2 Å². The van der Waals surface area contributed by atoms with Crippen LogP contribution in [0, 0.1) is 0 Å². The van der Waals surface area contributed by atoms with Gasteiger partial charge in [0.15, 0.2) is 0 Å². The molecule has 0 unspecified atom stereocenters. The SMILES string of the molecule is CC(=S)Nc1cccc(B([O-])[O-])c1.[Na+].[Na+]. The Morgan fingerprint density at radius 3 is 2.40 bits per heavy atom. The first kappa shape index (κ1) is 18.5. The number of anilines is 1. The predicted molar refractivity (Wildman–Crippen MR) is 53.7 cm³/mol. The van der Waals surface area contributed by atoms with E-state index in [-0.39, 0.29) is 64.6 Å². The Morgan fingerprint density at radius 2 is 1.93 bits per heavy atom. The number of benzene rings is 1. The van der Waals surface area contributed by atoms with E-state index in [1.807, 2.05) is 0 Å². The van der Waals surface area contributed by atoms with E-state index in [1.54, 1.807) is 19.1 Å². The number of rotatable bonds is 2. The molecule has 1 aromatic carbocycles. The first-order valence-corrected chi connectivity index (χ1v) is 4.19. The van der Waals surface area contributed by atoms with Gasteiger partial charge in [0.2, 0.25) is 0 Å². The molecule has 0 saturated carbocycles. The van der Waals surface area contributed by atoms with Crippen LogP contribution in [0.15, 0.2) is 24.3 Å². The van der Waals surface area contributed by atoms with Gasteiger partial charge in [0.1, 0.15) is 0 Å². The van der Waals surface area contributed by atoms with E-state index in [9.17, 15) is 10.0 Å². The fraction of sp³-hybridized carbons (Fsp3) is 0.125. The van der Waals surface area contributed by atoms with E-state index in [0.717, 1.165) is 0 Å². The van der Waals surface area contributed by atoms with Crippen LogP contribution in [-0.4, -0.2) is 12.1 Å². The first-order valence-electron chi connectivity index (χ1n) is 3.79. The quantitative estimate of drug-likeness (QED) is 0.411. The molecule has 0 aliphatic heterocycles. The van der Waals surface area contributed by atoms with Gasteiger partial charge < -0.3 is 15.4 Å². The molecule has 1 rings (SSSR count). The molecule has 0 fully saturated rings. The van der Waals surface area contributed by atoms with Crippen LogP contribution in [0.3, 0.4) is 0 Å². The van der Waals surface area contributed by atoms with Crippen LogP contribution in [0.25, 0.3) is 0 Å². The molecule has 0 radical (unpaired) electrons. The fourth-order valence-electron chi connectivity index (χ4n) is 0.966. The van der Waals surface area contributed by atoms with E-state index < -0.39 is 7.12 Å². The molecular weight excluding hydrogens is 231 g/mol. The van der Waals surface area contributed by atoms with Crippen molar-refractivity contribution in [3.8, 4) is 0 Å². The van der Waals surface area contributed by atoms with Gasteiger partial charge in [-0.05, 0) is 19.1 Å². The summed E-state index contributed by atoms with van der Waals surface area (Å²) in [4.78, 5) is 0.602. The molecular formula is C8H8BNNa2O2S.